The molecule has 97 valence electrons. The first kappa shape index (κ1) is 17.5. The first-order valence-electron chi connectivity index (χ1n) is 3.70. The molecule has 0 heterocycles. The maximum Gasteiger partial charge on any atom is 0.337 e. The van der Waals surface area contributed by atoms with E-state index in [1.54, 1.807) is 0 Å². The molecule has 0 aliphatic rings. The van der Waals surface area contributed by atoms with Crippen molar-refractivity contribution >= 4 is 17.9 Å². The number of hydrogen-bond donors (Lipinski definition) is 3. The van der Waals surface area contributed by atoms with Gasteiger partial charge in [-0.15, -0.1) is 10.1 Å². The summed E-state index contributed by atoms with van der Waals surface area (Å²) in [5, 5.41) is 33.8. The molecule has 0 amide bonds. The zero-order valence-corrected chi connectivity index (χ0v) is 9.21. The molecule has 0 rings (SSSR count). The van der Waals surface area contributed by atoms with E-state index in [-0.39, 0.29) is 17.1 Å². The molecule has 0 atom stereocenters. The Kier molecular flexibility index (Phi) is 6.86. The van der Waals surface area contributed by atoms with Crippen molar-refractivity contribution in [1.82, 2.24) is 0 Å². The van der Waals surface area contributed by atoms with Crippen molar-refractivity contribution in [2.75, 3.05) is 0 Å². The third-order valence-electron chi connectivity index (χ3n) is 1.51. The fourth-order valence-electron chi connectivity index (χ4n) is 0.949. The number of carboxylic acids is 3. The Morgan fingerprint density at radius 1 is 1.12 bits per heavy atom. The van der Waals surface area contributed by atoms with E-state index >= 15 is 0 Å². The van der Waals surface area contributed by atoms with E-state index in [0.717, 1.165) is 0 Å². The molecule has 0 saturated heterocycles. The van der Waals surface area contributed by atoms with Crippen LogP contribution < -0.4 is 0 Å². The van der Waals surface area contributed by atoms with Gasteiger partial charge in [0.2, 0.25) is 5.60 Å². The molecule has 0 aromatic carbocycles. The fourth-order valence-corrected chi connectivity index (χ4v) is 0.949. The smallest absolute Gasteiger partial charge is 0.337 e. The van der Waals surface area contributed by atoms with Gasteiger partial charge < -0.3 is 15.3 Å². The van der Waals surface area contributed by atoms with Gasteiger partial charge in [0.1, 0.15) is 0 Å². The summed E-state index contributed by atoms with van der Waals surface area (Å²) in [5.74, 6) is -5.50. The minimum absolute atomic E-state index is 0. The maximum atomic E-state index is 10.7. The van der Waals surface area contributed by atoms with E-state index in [2.05, 4.69) is 4.84 Å². The number of carbonyl (C=O) groups is 3. The SMILES string of the molecule is O=C(O)CC(CC(=O)O)(O[N+](=O)[O-])C(=O)O.[Mn]. The Morgan fingerprint density at radius 3 is 1.65 bits per heavy atom. The van der Waals surface area contributed by atoms with E-state index in [0.29, 0.717) is 0 Å². The molecule has 17 heavy (non-hydrogen) atoms. The summed E-state index contributed by atoms with van der Waals surface area (Å²) in [5.41, 5.74) is -2.92. The van der Waals surface area contributed by atoms with Crippen molar-refractivity contribution in [3.05, 3.63) is 10.1 Å². The molecule has 10 nitrogen and oxygen atoms in total. The molecule has 0 aliphatic carbocycles. The third-order valence-corrected chi connectivity index (χ3v) is 1.51. The number of carboxylic acid groups (broad SMARTS) is 3. The van der Waals surface area contributed by atoms with Crippen molar-refractivity contribution in [3.8, 4) is 0 Å². The molecular formula is C6H7MnNO9. The topological polar surface area (TPSA) is 164 Å². The van der Waals surface area contributed by atoms with Gasteiger partial charge in [-0.25, -0.2) is 4.79 Å². The zero-order chi connectivity index (χ0) is 12.9. The van der Waals surface area contributed by atoms with Crippen LogP contribution in [0.2, 0.25) is 0 Å². The molecular weight excluding hydrogens is 285 g/mol. The van der Waals surface area contributed by atoms with Crippen molar-refractivity contribution in [2.24, 2.45) is 0 Å². The molecule has 0 aromatic heterocycles. The van der Waals surface area contributed by atoms with Crippen molar-refractivity contribution in [2.45, 2.75) is 18.4 Å². The predicted octanol–water partition coefficient (Wildman–Crippen LogP) is -1.03. The van der Waals surface area contributed by atoms with Gasteiger partial charge >= 0.3 is 17.9 Å². The van der Waals surface area contributed by atoms with Crippen LogP contribution in [0.25, 0.3) is 0 Å². The van der Waals surface area contributed by atoms with Crippen molar-refractivity contribution < 1.29 is 56.7 Å². The first-order valence-corrected chi connectivity index (χ1v) is 3.70. The summed E-state index contributed by atoms with van der Waals surface area (Å²) in [6, 6.07) is 0. The van der Waals surface area contributed by atoms with Gasteiger partial charge in [-0.05, 0) is 0 Å². The second kappa shape index (κ2) is 6.66. The van der Waals surface area contributed by atoms with Gasteiger partial charge in [-0.3, -0.25) is 14.4 Å². The predicted molar refractivity (Wildman–Crippen MR) is 43.0 cm³/mol. The van der Waals surface area contributed by atoms with Gasteiger partial charge in [0.05, 0.1) is 12.8 Å². The van der Waals surface area contributed by atoms with E-state index in [1.165, 1.54) is 0 Å². The summed E-state index contributed by atoms with van der Waals surface area (Å²) in [6.45, 7) is 0. The van der Waals surface area contributed by atoms with Crippen molar-refractivity contribution in [1.29, 1.82) is 0 Å². The molecule has 0 bridgehead atoms. The summed E-state index contributed by atoms with van der Waals surface area (Å²) in [4.78, 5) is 45.0. The van der Waals surface area contributed by atoms with Gasteiger partial charge in [0.25, 0.3) is 5.09 Å². The number of hydrogen-bond acceptors (Lipinski definition) is 6. The van der Waals surface area contributed by atoms with Crippen LogP contribution in [0, 0.1) is 10.1 Å². The van der Waals surface area contributed by atoms with Crippen molar-refractivity contribution in [3.63, 3.8) is 0 Å². The van der Waals surface area contributed by atoms with Gasteiger partial charge in [-0.1, -0.05) is 0 Å². The number of nitrogens with zero attached hydrogens (tertiary/aromatic N) is 1. The molecule has 11 heteroatoms. The van der Waals surface area contributed by atoms with Gasteiger partial charge in [0.15, 0.2) is 0 Å². The third kappa shape index (κ3) is 5.68. The maximum absolute atomic E-state index is 10.7. The largest absolute Gasteiger partial charge is 0.481 e. The van der Waals surface area contributed by atoms with Gasteiger partial charge in [0, 0.05) is 17.1 Å². The number of aliphatic carboxylic acids is 3. The molecule has 0 fully saturated rings. The molecule has 0 aromatic rings. The Labute approximate surface area is 104 Å². The minimum atomic E-state index is -2.92. The number of rotatable bonds is 7. The van der Waals surface area contributed by atoms with Crippen LogP contribution in [-0.4, -0.2) is 43.9 Å². The van der Waals surface area contributed by atoms with E-state index in [9.17, 15) is 24.5 Å². The zero-order valence-electron chi connectivity index (χ0n) is 8.03. The quantitative estimate of drug-likeness (QED) is 0.302. The Balaban J connectivity index is 0. The fraction of sp³-hybridized carbons (Fsp3) is 0.500. The first-order chi connectivity index (χ1) is 7.19. The van der Waals surface area contributed by atoms with Crippen LogP contribution in [0.15, 0.2) is 0 Å². The molecule has 0 spiro atoms. The van der Waals surface area contributed by atoms with Crippen LogP contribution in [0.1, 0.15) is 12.8 Å². The minimum Gasteiger partial charge on any atom is -0.481 e. The van der Waals surface area contributed by atoms with Crippen LogP contribution in [-0.2, 0) is 36.3 Å². The summed E-state index contributed by atoms with van der Waals surface area (Å²) in [7, 11) is 0. The molecule has 1 radical (unpaired) electrons. The molecule has 3 N–H and O–H groups in total. The van der Waals surface area contributed by atoms with E-state index < -0.39 is 41.4 Å². The summed E-state index contributed by atoms with van der Waals surface area (Å²) < 4.78 is 0. The second-order valence-corrected chi connectivity index (χ2v) is 2.76. The van der Waals surface area contributed by atoms with E-state index in [1.807, 2.05) is 0 Å². The van der Waals surface area contributed by atoms with Crippen LogP contribution in [0.4, 0.5) is 0 Å². The Hall–Kier alpha value is -1.87. The van der Waals surface area contributed by atoms with E-state index in [4.69, 9.17) is 15.3 Å². The van der Waals surface area contributed by atoms with Crippen LogP contribution in [0.3, 0.4) is 0 Å². The standard InChI is InChI=1S/C6H7NO9.Mn/c8-3(9)1-6(5(12)13,2-4(10)11)16-7(14)15;/h1-2H2,(H,8,9)(H,10,11)(H,12,13);. The monoisotopic (exact) mass is 292 g/mol. The average molecular weight is 292 g/mol. The Bertz CT molecular complexity index is 300. The van der Waals surface area contributed by atoms with Gasteiger partial charge in [-0.2, -0.15) is 0 Å². The summed E-state index contributed by atoms with van der Waals surface area (Å²) in [6.07, 6.45) is -2.68. The molecule has 0 aliphatic heterocycles. The van der Waals surface area contributed by atoms with Crippen LogP contribution >= 0.6 is 0 Å². The Morgan fingerprint density at radius 2 is 1.47 bits per heavy atom. The summed E-state index contributed by atoms with van der Waals surface area (Å²) >= 11 is 0. The normalized spacial score (nSPS) is 9.88. The second-order valence-electron chi connectivity index (χ2n) is 2.76. The molecule has 0 unspecified atom stereocenters. The van der Waals surface area contributed by atoms with Crippen LogP contribution in [0.5, 0.6) is 0 Å². The molecule has 0 saturated carbocycles. The average Bonchev–Trinajstić information content (AvgIpc) is 1.98.